The first kappa shape index (κ1) is 10.2. The number of aliphatic hydroxyl groups is 1. The molecule has 2 N–H and O–H groups in total. The monoisotopic (exact) mass is 205 g/mol. The van der Waals surface area contributed by atoms with Crippen molar-refractivity contribution < 1.29 is 9.90 Å². The van der Waals surface area contributed by atoms with Gasteiger partial charge in [-0.1, -0.05) is 30.3 Å². The molecule has 3 heteroatoms. The Hall–Kier alpha value is -1.35. The molecular weight excluding hydrogens is 190 g/mol. The SMILES string of the molecule is O=C(NCC(O)c1ccccc1)C1CC1. The van der Waals surface area contributed by atoms with Crippen molar-refractivity contribution in [3.8, 4) is 0 Å². The minimum atomic E-state index is -0.603. The number of rotatable bonds is 4. The van der Waals surface area contributed by atoms with E-state index in [4.69, 9.17) is 0 Å². The molecule has 3 nitrogen and oxygen atoms in total. The molecule has 1 aliphatic rings. The number of benzene rings is 1. The fraction of sp³-hybridized carbons (Fsp3) is 0.417. The van der Waals surface area contributed by atoms with Gasteiger partial charge < -0.3 is 10.4 Å². The van der Waals surface area contributed by atoms with E-state index in [0.717, 1.165) is 18.4 Å². The van der Waals surface area contributed by atoms with Gasteiger partial charge in [0.2, 0.25) is 5.91 Å². The van der Waals surface area contributed by atoms with Gasteiger partial charge in [0.15, 0.2) is 0 Å². The minimum Gasteiger partial charge on any atom is -0.387 e. The summed E-state index contributed by atoms with van der Waals surface area (Å²) in [6.45, 7) is 0.305. The predicted molar refractivity (Wildman–Crippen MR) is 57.1 cm³/mol. The van der Waals surface area contributed by atoms with Crippen LogP contribution >= 0.6 is 0 Å². The zero-order valence-electron chi connectivity index (χ0n) is 8.52. The number of nitrogens with one attached hydrogen (secondary N) is 1. The largest absolute Gasteiger partial charge is 0.387 e. The van der Waals surface area contributed by atoms with Gasteiger partial charge in [-0.15, -0.1) is 0 Å². The lowest BCUT2D eigenvalue weighted by molar-refractivity contribution is -0.122. The number of carbonyl (C=O) groups is 1. The van der Waals surface area contributed by atoms with Gasteiger partial charge in [-0.25, -0.2) is 0 Å². The molecule has 1 atom stereocenters. The van der Waals surface area contributed by atoms with E-state index in [9.17, 15) is 9.90 Å². The highest BCUT2D eigenvalue weighted by Gasteiger charge is 2.29. The molecule has 2 rings (SSSR count). The Bertz CT molecular complexity index is 333. The first-order valence-corrected chi connectivity index (χ1v) is 5.28. The second-order valence-corrected chi connectivity index (χ2v) is 3.95. The van der Waals surface area contributed by atoms with E-state index < -0.39 is 6.10 Å². The highest BCUT2D eigenvalue weighted by Crippen LogP contribution is 2.28. The summed E-state index contributed by atoms with van der Waals surface area (Å²) in [5.74, 6) is 0.276. The van der Waals surface area contributed by atoms with Crippen molar-refractivity contribution >= 4 is 5.91 Å². The summed E-state index contributed by atoms with van der Waals surface area (Å²) in [6, 6.07) is 9.36. The van der Waals surface area contributed by atoms with Crippen molar-refractivity contribution in [2.45, 2.75) is 18.9 Å². The van der Waals surface area contributed by atoms with Gasteiger partial charge in [-0.05, 0) is 18.4 Å². The molecule has 1 aromatic carbocycles. The molecule has 0 spiro atoms. The van der Waals surface area contributed by atoms with E-state index in [2.05, 4.69) is 5.32 Å². The van der Waals surface area contributed by atoms with Crippen molar-refractivity contribution in [1.82, 2.24) is 5.32 Å². The molecule has 1 aliphatic carbocycles. The van der Waals surface area contributed by atoms with Crippen molar-refractivity contribution in [3.05, 3.63) is 35.9 Å². The van der Waals surface area contributed by atoms with Crippen LogP contribution in [0.5, 0.6) is 0 Å². The average Bonchev–Trinajstić information content (AvgIpc) is 3.10. The second-order valence-electron chi connectivity index (χ2n) is 3.95. The Morgan fingerprint density at radius 2 is 2.07 bits per heavy atom. The lowest BCUT2D eigenvalue weighted by Gasteiger charge is -2.11. The number of hydrogen-bond donors (Lipinski definition) is 2. The van der Waals surface area contributed by atoms with Crippen molar-refractivity contribution in [2.75, 3.05) is 6.54 Å². The minimum absolute atomic E-state index is 0.0741. The summed E-state index contributed by atoms with van der Waals surface area (Å²) in [4.78, 5) is 11.3. The van der Waals surface area contributed by atoms with Crippen LogP contribution in [0.15, 0.2) is 30.3 Å². The van der Waals surface area contributed by atoms with E-state index in [1.165, 1.54) is 0 Å². The normalized spacial score (nSPS) is 17.1. The van der Waals surface area contributed by atoms with Crippen LogP contribution in [0.2, 0.25) is 0 Å². The summed E-state index contributed by atoms with van der Waals surface area (Å²) in [5, 5.41) is 12.5. The lowest BCUT2D eigenvalue weighted by atomic mass is 10.1. The average molecular weight is 205 g/mol. The Morgan fingerprint density at radius 1 is 1.40 bits per heavy atom. The number of aliphatic hydroxyl groups excluding tert-OH is 1. The van der Waals surface area contributed by atoms with Gasteiger partial charge >= 0.3 is 0 Å². The zero-order valence-corrected chi connectivity index (χ0v) is 8.52. The number of amides is 1. The summed E-state index contributed by atoms with van der Waals surface area (Å²) >= 11 is 0. The van der Waals surface area contributed by atoms with Crippen LogP contribution in [-0.4, -0.2) is 17.6 Å². The molecule has 0 aliphatic heterocycles. The maximum absolute atomic E-state index is 11.3. The molecule has 0 heterocycles. The van der Waals surface area contributed by atoms with E-state index in [1.807, 2.05) is 30.3 Å². The summed E-state index contributed by atoms with van der Waals surface area (Å²) in [7, 11) is 0. The van der Waals surface area contributed by atoms with Gasteiger partial charge in [0.25, 0.3) is 0 Å². The van der Waals surface area contributed by atoms with Gasteiger partial charge in [0.05, 0.1) is 6.10 Å². The predicted octanol–water partition coefficient (Wildman–Crippen LogP) is 1.25. The number of carbonyl (C=O) groups excluding carboxylic acids is 1. The Labute approximate surface area is 89.1 Å². The van der Waals surface area contributed by atoms with Crippen LogP contribution in [0.4, 0.5) is 0 Å². The van der Waals surface area contributed by atoms with Gasteiger partial charge in [0.1, 0.15) is 0 Å². The Morgan fingerprint density at radius 3 is 2.67 bits per heavy atom. The third-order valence-electron chi connectivity index (χ3n) is 2.60. The lowest BCUT2D eigenvalue weighted by Crippen LogP contribution is -2.29. The molecule has 15 heavy (non-hydrogen) atoms. The van der Waals surface area contributed by atoms with Crippen LogP contribution in [0.1, 0.15) is 24.5 Å². The second kappa shape index (κ2) is 4.45. The zero-order chi connectivity index (χ0) is 10.7. The molecule has 1 saturated carbocycles. The Balaban J connectivity index is 1.81. The maximum Gasteiger partial charge on any atom is 0.223 e. The van der Waals surface area contributed by atoms with Crippen LogP contribution in [0.3, 0.4) is 0 Å². The summed E-state index contributed by atoms with van der Waals surface area (Å²) in [5.41, 5.74) is 0.841. The molecule has 1 fully saturated rings. The summed E-state index contributed by atoms with van der Waals surface area (Å²) < 4.78 is 0. The fourth-order valence-electron chi connectivity index (χ4n) is 1.48. The van der Waals surface area contributed by atoms with E-state index in [1.54, 1.807) is 0 Å². The van der Waals surface area contributed by atoms with Crippen LogP contribution in [0.25, 0.3) is 0 Å². The summed E-state index contributed by atoms with van der Waals surface area (Å²) in [6.07, 6.45) is 1.38. The van der Waals surface area contributed by atoms with Gasteiger partial charge in [-0.3, -0.25) is 4.79 Å². The molecule has 0 radical (unpaired) electrons. The molecule has 0 saturated heterocycles. The molecule has 1 amide bonds. The van der Waals surface area contributed by atoms with Crippen LogP contribution in [-0.2, 0) is 4.79 Å². The first-order valence-electron chi connectivity index (χ1n) is 5.28. The highest BCUT2D eigenvalue weighted by atomic mass is 16.3. The molecule has 1 unspecified atom stereocenters. The van der Waals surface area contributed by atoms with E-state index in [0.29, 0.717) is 6.54 Å². The fourth-order valence-corrected chi connectivity index (χ4v) is 1.48. The maximum atomic E-state index is 11.3. The standard InChI is InChI=1S/C12H15NO2/c14-11(9-4-2-1-3-5-9)8-13-12(15)10-6-7-10/h1-5,10-11,14H,6-8H2,(H,13,15). The molecule has 0 bridgehead atoms. The van der Waals surface area contributed by atoms with Gasteiger partial charge in [0, 0.05) is 12.5 Å². The van der Waals surface area contributed by atoms with Crippen LogP contribution in [0, 0.1) is 5.92 Å². The van der Waals surface area contributed by atoms with Gasteiger partial charge in [-0.2, -0.15) is 0 Å². The quantitative estimate of drug-likeness (QED) is 0.777. The first-order chi connectivity index (χ1) is 7.27. The smallest absolute Gasteiger partial charge is 0.223 e. The molecule has 80 valence electrons. The molecular formula is C12H15NO2. The topological polar surface area (TPSA) is 49.3 Å². The third kappa shape index (κ3) is 2.80. The number of hydrogen-bond acceptors (Lipinski definition) is 2. The third-order valence-corrected chi connectivity index (χ3v) is 2.60. The van der Waals surface area contributed by atoms with Crippen molar-refractivity contribution in [2.24, 2.45) is 5.92 Å². The van der Waals surface area contributed by atoms with Crippen molar-refractivity contribution in [1.29, 1.82) is 0 Å². The van der Waals surface area contributed by atoms with E-state index >= 15 is 0 Å². The molecule has 1 aromatic rings. The Kier molecular flexibility index (Phi) is 3.02. The van der Waals surface area contributed by atoms with Crippen molar-refractivity contribution in [3.63, 3.8) is 0 Å². The van der Waals surface area contributed by atoms with Crippen LogP contribution < -0.4 is 5.32 Å². The molecule has 0 aromatic heterocycles. The highest BCUT2D eigenvalue weighted by molar-refractivity contribution is 5.80. The van der Waals surface area contributed by atoms with E-state index in [-0.39, 0.29) is 11.8 Å².